The molecule has 142 valence electrons. The van der Waals surface area contributed by atoms with Gasteiger partial charge in [-0.15, -0.1) is 0 Å². The van der Waals surface area contributed by atoms with E-state index < -0.39 is 0 Å². The van der Waals surface area contributed by atoms with Crippen molar-refractivity contribution in [1.82, 2.24) is 10.6 Å². The van der Waals surface area contributed by atoms with Crippen LogP contribution in [0.25, 0.3) is 5.57 Å². The van der Waals surface area contributed by atoms with Gasteiger partial charge in [-0.25, -0.2) is 0 Å². The molecule has 1 aliphatic carbocycles. The second kappa shape index (κ2) is 9.77. The molecule has 1 amide bonds. The predicted octanol–water partition coefficient (Wildman–Crippen LogP) is 3.77. The molecule has 0 bridgehead atoms. The van der Waals surface area contributed by atoms with E-state index in [0.29, 0.717) is 5.92 Å². The standard InChI is InChI=1S/C22H32N2O2/c1-2-13-24-22(25)20-5-3-18(4-6-20)19-7-9-21(10-8-19)26-16-17-11-14-23-15-12-17/h3,7-10,17,20,23H,2,4-6,11-16H2,1H3,(H,24,25). The van der Waals surface area contributed by atoms with Crippen LogP contribution in [-0.2, 0) is 4.79 Å². The Morgan fingerprint density at radius 1 is 1.19 bits per heavy atom. The third kappa shape index (κ3) is 5.34. The molecule has 1 unspecified atom stereocenters. The van der Waals surface area contributed by atoms with Crippen LogP contribution in [0.15, 0.2) is 30.3 Å². The summed E-state index contributed by atoms with van der Waals surface area (Å²) in [5, 5.41) is 6.41. The summed E-state index contributed by atoms with van der Waals surface area (Å²) in [6, 6.07) is 8.47. The van der Waals surface area contributed by atoms with Crippen LogP contribution in [0.2, 0.25) is 0 Å². The van der Waals surface area contributed by atoms with Crippen molar-refractivity contribution in [3.8, 4) is 5.75 Å². The first-order valence-electron chi connectivity index (χ1n) is 10.2. The molecule has 0 spiro atoms. The summed E-state index contributed by atoms with van der Waals surface area (Å²) in [5.41, 5.74) is 2.61. The van der Waals surface area contributed by atoms with E-state index in [1.807, 2.05) is 0 Å². The Balaban J connectivity index is 1.49. The zero-order valence-corrected chi connectivity index (χ0v) is 15.9. The average molecular weight is 357 g/mol. The van der Waals surface area contributed by atoms with Crippen LogP contribution in [0.4, 0.5) is 0 Å². The van der Waals surface area contributed by atoms with Crippen LogP contribution < -0.4 is 15.4 Å². The summed E-state index contributed by atoms with van der Waals surface area (Å²) < 4.78 is 5.97. The number of allylic oxidation sites excluding steroid dienone is 2. The van der Waals surface area contributed by atoms with E-state index in [1.54, 1.807) is 0 Å². The van der Waals surface area contributed by atoms with Gasteiger partial charge in [-0.2, -0.15) is 0 Å². The highest BCUT2D eigenvalue weighted by Gasteiger charge is 2.21. The van der Waals surface area contributed by atoms with Gasteiger partial charge in [0, 0.05) is 12.5 Å². The number of benzene rings is 1. The number of ether oxygens (including phenoxy) is 1. The molecule has 4 heteroatoms. The minimum Gasteiger partial charge on any atom is -0.493 e. The van der Waals surface area contributed by atoms with Crippen molar-refractivity contribution in [3.63, 3.8) is 0 Å². The molecule has 3 rings (SSSR count). The third-order valence-electron chi connectivity index (χ3n) is 5.50. The molecule has 1 saturated heterocycles. The van der Waals surface area contributed by atoms with Gasteiger partial charge >= 0.3 is 0 Å². The molecule has 2 N–H and O–H groups in total. The molecule has 0 aromatic heterocycles. The fourth-order valence-electron chi connectivity index (χ4n) is 3.75. The second-order valence-corrected chi connectivity index (χ2v) is 7.52. The normalized spacial score (nSPS) is 21.1. The summed E-state index contributed by atoms with van der Waals surface area (Å²) >= 11 is 0. The fraction of sp³-hybridized carbons (Fsp3) is 0.591. The first kappa shape index (κ1) is 19.0. The minimum absolute atomic E-state index is 0.137. The van der Waals surface area contributed by atoms with Gasteiger partial charge in [0.05, 0.1) is 6.61 Å². The van der Waals surface area contributed by atoms with Crippen LogP contribution in [0.3, 0.4) is 0 Å². The van der Waals surface area contributed by atoms with E-state index in [4.69, 9.17) is 4.74 Å². The van der Waals surface area contributed by atoms with E-state index in [2.05, 4.69) is 47.9 Å². The van der Waals surface area contributed by atoms with Crippen molar-refractivity contribution in [3.05, 3.63) is 35.9 Å². The number of rotatable bonds is 7. The van der Waals surface area contributed by atoms with Gasteiger partial charge in [-0.1, -0.05) is 25.1 Å². The van der Waals surface area contributed by atoms with Crippen molar-refractivity contribution < 1.29 is 9.53 Å². The zero-order chi connectivity index (χ0) is 18.2. The molecule has 4 nitrogen and oxygen atoms in total. The first-order valence-corrected chi connectivity index (χ1v) is 10.2. The molecule has 1 aromatic carbocycles. The van der Waals surface area contributed by atoms with Crippen molar-refractivity contribution in [2.24, 2.45) is 11.8 Å². The molecule has 1 atom stereocenters. The monoisotopic (exact) mass is 356 g/mol. The van der Waals surface area contributed by atoms with Crippen molar-refractivity contribution in [2.45, 2.75) is 45.4 Å². The topological polar surface area (TPSA) is 50.4 Å². The molecule has 2 aliphatic rings. The highest BCUT2D eigenvalue weighted by molar-refractivity contribution is 5.80. The van der Waals surface area contributed by atoms with Crippen LogP contribution in [0.1, 0.15) is 51.0 Å². The largest absolute Gasteiger partial charge is 0.493 e. The first-order chi connectivity index (χ1) is 12.8. The maximum absolute atomic E-state index is 12.1. The summed E-state index contributed by atoms with van der Waals surface area (Å²) in [4.78, 5) is 12.1. The van der Waals surface area contributed by atoms with Gasteiger partial charge < -0.3 is 15.4 Å². The van der Waals surface area contributed by atoms with Crippen molar-refractivity contribution in [2.75, 3.05) is 26.2 Å². The maximum atomic E-state index is 12.1. The highest BCUT2D eigenvalue weighted by Crippen LogP contribution is 2.31. The van der Waals surface area contributed by atoms with Gasteiger partial charge in [0.15, 0.2) is 0 Å². The van der Waals surface area contributed by atoms with Crippen LogP contribution >= 0.6 is 0 Å². The number of nitrogens with one attached hydrogen (secondary N) is 2. The van der Waals surface area contributed by atoms with E-state index in [9.17, 15) is 4.79 Å². The molecule has 1 aromatic rings. The Morgan fingerprint density at radius 3 is 2.62 bits per heavy atom. The Labute approximate surface area is 157 Å². The molecular formula is C22H32N2O2. The molecule has 0 radical (unpaired) electrons. The number of hydrogen-bond acceptors (Lipinski definition) is 3. The molecule has 1 fully saturated rings. The van der Waals surface area contributed by atoms with Gasteiger partial charge in [-0.3, -0.25) is 4.79 Å². The van der Waals surface area contributed by atoms with E-state index >= 15 is 0 Å². The summed E-state index contributed by atoms with van der Waals surface area (Å²) in [6.45, 7) is 5.90. The lowest BCUT2D eigenvalue weighted by Gasteiger charge is -2.23. The summed E-state index contributed by atoms with van der Waals surface area (Å²) in [5.74, 6) is 1.98. The number of piperidine rings is 1. The fourth-order valence-corrected chi connectivity index (χ4v) is 3.75. The zero-order valence-electron chi connectivity index (χ0n) is 15.9. The Morgan fingerprint density at radius 2 is 1.96 bits per heavy atom. The number of amides is 1. The summed E-state index contributed by atoms with van der Waals surface area (Å²) in [7, 11) is 0. The quantitative estimate of drug-likeness (QED) is 0.782. The number of carbonyl (C=O) groups excluding carboxylic acids is 1. The Bertz CT molecular complexity index is 603. The Kier molecular flexibility index (Phi) is 7.13. The Hall–Kier alpha value is -1.81. The van der Waals surface area contributed by atoms with Crippen molar-refractivity contribution >= 4 is 11.5 Å². The smallest absolute Gasteiger partial charge is 0.223 e. The van der Waals surface area contributed by atoms with E-state index in [1.165, 1.54) is 24.0 Å². The predicted molar refractivity (Wildman–Crippen MR) is 106 cm³/mol. The van der Waals surface area contributed by atoms with Crippen LogP contribution in [0, 0.1) is 11.8 Å². The molecule has 0 saturated carbocycles. The van der Waals surface area contributed by atoms with Crippen LogP contribution in [0.5, 0.6) is 5.75 Å². The highest BCUT2D eigenvalue weighted by atomic mass is 16.5. The van der Waals surface area contributed by atoms with E-state index in [0.717, 1.165) is 57.7 Å². The van der Waals surface area contributed by atoms with Gasteiger partial charge in [0.1, 0.15) is 5.75 Å². The van der Waals surface area contributed by atoms with Crippen molar-refractivity contribution in [1.29, 1.82) is 0 Å². The lowest BCUT2D eigenvalue weighted by molar-refractivity contribution is -0.125. The maximum Gasteiger partial charge on any atom is 0.223 e. The SMILES string of the molecule is CCCNC(=O)C1CC=C(c2ccc(OCC3CCNCC3)cc2)CC1. The summed E-state index contributed by atoms with van der Waals surface area (Å²) in [6.07, 6.45) is 8.40. The molecule has 1 aliphatic heterocycles. The molecule has 1 heterocycles. The minimum atomic E-state index is 0.137. The van der Waals surface area contributed by atoms with Gasteiger partial charge in [0.2, 0.25) is 5.91 Å². The lowest BCUT2D eigenvalue weighted by atomic mass is 9.86. The van der Waals surface area contributed by atoms with Crippen LogP contribution in [-0.4, -0.2) is 32.1 Å². The average Bonchev–Trinajstić information content (AvgIpc) is 2.72. The third-order valence-corrected chi connectivity index (χ3v) is 5.50. The van der Waals surface area contributed by atoms with E-state index in [-0.39, 0.29) is 11.8 Å². The van der Waals surface area contributed by atoms with Gasteiger partial charge in [0.25, 0.3) is 0 Å². The van der Waals surface area contributed by atoms with Gasteiger partial charge in [-0.05, 0) is 80.8 Å². The molecule has 26 heavy (non-hydrogen) atoms. The molecular weight excluding hydrogens is 324 g/mol. The number of hydrogen-bond donors (Lipinski definition) is 2. The lowest BCUT2D eigenvalue weighted by Crippen LogP contribution is -2.31. The number of carbonyl (C=O) groups is 1. The second-order valence-electron chi connectivity index (χ2n) is 7.52.